The molecule has 0 saturated carbocycles. The number of carbonyl (C=O) groups is 1. The summed E-state index contributed by atoms with van der Waals surface area (Å²) in [5, 5.41) is 16.3. The SMILES string of the molecule is CCn1ncc(N)c1C(=O)Nc1ccc(C)c(O)c1. The monoisotopic (exact) mass is 260 g/mol. The first-order valence-corrected chi connectivity index (χ1v) is 5.95. The minimum atomic E-state index is -0.347. The molecule has 1 heterocycles. The lowest BCUT2D eigenvalue weighted by molar-refractivity contribution is 0.101. The van der Waals surface area contributed by atoms with E-state index in [1.54, 1.807) is 19.1 Å². The van der Waals surface area contributed by atoms with E-state index in [2.05, 4.69) is 10.4 Å². The fourth-order valence-corrected chi connectivity index (χ4v) is 1.77. The van der Waals surface area contributed by atoms with Crippen molar-refractivity contribution in [3.05, 3.63) is 35.7 Å². The molecular formula is C13H16N4O2. The van der Waals surface area contributed by atoms with Crippen molar-refractivity contribution in [1.82, 2.24) is 9.78 Å². The molecule has 2 rings (SSSR count). The Kier molecular flexibility index (Phi) is 3.41. The number of hydrogen-bond donors (Lipinski definition) is 3. The predicted octanol–water partition coefficient (Wildman–Crippen LogP) is 1.75. The van der Waals surface area contributed by atoms with Gasteiger partial charge in [-0.2, -0.15) is 5.10 Å². The second kappa shape index (κ2) is 5.01. The Bertz CT molecular complexity index is 619. The third-order valence-electron chi connectivity index (χ3n) is 2.85. The molecule has 1 aromatic heterocycles. The third kappa shape index (κ3) is 2.52. The van der Waals surface area contributed by atoms with Crippen molar-refractivity contribution in [2.45, 2.75) is 20.4 Å². The van der Waals surface area contributed by atoms with Crippen LogP contribution in [0.3, 0.4) is 0 Å². The maximum atomic E-state index is 12.1. The van der Waals surface area contributed by atoms with Crippen LogP contribution in [0.5, 0.6) is 5.75 Å². The number of aromatic nitrogens is 2. The van der Waals surface area contributed by atoms with Gasteiger partial charge in [0.2, 0.25) is 0 Å². The Morgan fingerprint density at radius 3 is 2.89 bits per heavy atom. The first-order valence-electron chi connectivity index (χ1n) is 5.95. The minimum absolute atomic E-state index is 0.134. The van der Waals surface area contributed by atoms with E-state index in [1.807, 2.05) is 6.92 Å². The number of anilines is 2. The fourth-order valence-electron chi connectivity index (χ4n) is 1.77. The van der Waals surface area contributed by atoms with Crippen LogP contribution >= 0.6 is 0 Å². The van der Waals surface area contributed by atoms with E-state index in [9.17, 15) is 9.90 Å². The zero-order valence-corrected chi connectivity index (χ0v) is 10.8. The number of carbonyl (C=O) groups excluding carboxylic acids is 1. The molecule has 4 N–H and O–H groups in total. The van der Waals surface area contributed by atoms with Gasteiger partial charge in [0, 0.05) is 18.3 Å². The van der Waals surface area contributed by atoms with Crippen LogP contribution in [-0.4, -0.2) is 20.8 Å². The lowest BCUT2D eigenvalue weighted by Gasteiger charge is -2.08. The van der Waals surface area contributed by atoms with Crippen molar-refractivity contribution < 1.29 is 9.90 Å². The molecule has 0 saturated heterocycles. The molecule has 0 aliphatic heterocycles. The summed E-state index contributed by atoms with van der Waals surface area (Å²) in [5.74, 6) is -0.213. The molecule has 0 spiro atoms. The molecule has 19 heavy (non-hydrogen) atoms. The standard InChI is InChI=1S/C13H16N4O2/c1-3-17-12(10(14)7-15-17)13(19)16-9-5-4-8(2)11(18)6-9/h4-7,18H,3,14H2,1-2H3,(H,16,19). The molecule has 0 fully saturated rings. The molecule has 0 radical (unpaired) electrons. The van der Waals surface area contributed by atoms with Gasteiger partial charge >= 0.3 is 0 Å². The van der Waals surface area contributed by atoms with Crippen LogP contribution < -0.4 is 11.1 Å². The molecule has 100 valence electrons. The van der Waals surface area contributed by atoms with E-state index in [1.165, 1.54) is 16.9 Å². The number of nitrogens with two attached hydrogens (primary N) is 1. The van der Waals surface area contributed by atoms with E-state index in [0.717, 1.165) is 5.56 Å². The minimum Gasteiger partial charge on any atom is -0.508 e. The Morgan fingerprint density at radius 2 is 2.26 bits per heavy atom. The Balaban J connectivity index is 2.25. The largest absolute Gasteiger partial charge is 0.508 e. The van der Waals surface area contributed by atoms with Gasteiger partial charge in [0.1, 0.15) is 11.4 Å². The average Bonchev–Trinajstić information content (AvgIpc) is 2.75. The maximum Gasteiger partial charge on any atom is 0.276 e. The number of rotatable bonds is 3. The molecule has 6 heteroatoms. The predicted molar refractivity (Wildman–Crippen MR) is 73.1 cm³/mol. The molecule has 6 nitrogen and oxygen atoms in total. The van der Waals surface area contributed by atoms with Crippen molar-refractivity contribution in [3.8, 4) is 5.75 Å². The van der Waals surface area contributed by atoms with Crippen LogP contribution in [0, 0.1) is 6.92 Å². The van der Waals surface area contributed by atoms with Crippen LogP contribution in [0.2, 0.25) is 0 Å². The third-order valence-corrected chi connectivity index (χ3v) is 2.85. The molecule has 0 unspecified atom stereocenters. The van der Waals surface area contributed by atoms with E-state index in [4.69, 9.17) is 5.73 Å². The summed E-state index contributed by atoms with van der Waals surface area (Å²) in [4.78, 5) is 12.1. The summed E-state index contributed by atoms with van der Waals surface area (Å²) >= 11 is 0. The van der Waals surface area contributed by atoms with Gasteiger partial charge in [-0.3, -0.25) is 9.48 Å². The van der Waals surface area contributed by atoms with Crippen molar-refractivity contribution in [2.24, 2.45) is 0 Å². The van der Waals surface area contributed by atoms with Gasteiger partial charge in [0.05, 0.1) is 11.9 Å². The molecule has 0 atom stereocenters. The number of benzene rings is 1. The fraction of sp³-hybridized carbons (Fsp3) is 0.231. The second-order valence-corrected chi connectivity index (χ2v) is 4.22. The van der Waals surface area contributed by atoms with Gasteiger partial charge in [0.15, 0.2) is 0 Å². The van der Waals surface area contributed by atoms with Crippen molar-refractivity contribution in [1.29, 1.82) is 0 Å². The summed E-state index contributed by atoms with van der Waals surface area (Å²) in [5.41, 5.74) is 7.64. The Labute approximate surface area is 110 Å². The Morgan fingerprint density at radius 1 is 1.53 bits per heavy atom. The maximum absolute atomic E-state index is 12.1. The average molecular weight is 260 g/mol. The van der Waals surface area contributed by atoms with Crippen molar-refractivity contribution >= 4 is 17.3 Å². The van der Waals surface area contributed by atoms with Gasteiger partial charge in [-0.15, -0.1) is 0 Å². The number of aryl methyl sites for hydroxylation is 2. The normalized spacial score (nSPS) is 10.4. The number of phenolic OH excluding ortho intramolecular Hbond substituents is 1. The summed E-state index contributed by atoms with van der Waals surface area (Å²) < 4.78 is 1.53. The number of nitrogen functional groups attached to an aromatic ring is 1. The smallest absolute Gasteiger partial charge is 0.276 e. The van der Waals surface area contributed by atoms with E-state index >= 15 is 0 Å². The first-order chi connectivity index (χ1) is 9.02. The summed E-state index contributed by atoms with van der Waals surface area (Å²) in [6.07, 6.45) is 1.45. The zero-order chi connectivity index (χ0) is 14.0. The van der Waals surface area contributed by atoms with Crippen molar-refractivity contribution in [2.75, 3.05) is 11.1 Å². The first kappa shape index (κ1) is 12.9. The summed E-state index contributed by atoms with van der Waals surface area (Å²) in [7, 11) is 0. The number of phenols is 1. The lowest BCUT2D eigenvalue weighted by atomic mass is 10.2. The zero-order valence-electron chi connectivity index (χ0n) is 10.8. The van der Waals surface area contributed by atoms with Crippen LogP contribution in [0.15, 0.2) is 24.4 Å². The van der Waals surface area contributed by atoms with Crippen LogP contribution in [0.25, 0.3) is 0 Å². The van der Waals surface area contributed by atoms with Crippen molar-refractivity contribution in [3.63, 3.8) is 0 Å². The van der Waals surface area contributed by atoms with E-state index in [0.29, 0.717) is 23.6 Å². The molecule has 0 aliphatic rings. The molecule has 0 aliphatic carbocycles. The van der Waals surface area contributed by atoms with Gasteiger partial charge in [-0.1, -0.05) is 6.07 Å². The van der Waals surface area contributed by atoms with Crippen LogP contribution in [0.4, 0.5) is 11.4 Å². The molecule has 2 aromatic rings. The quantitative estimate of drug-likeness (QED) is 0.783. The summed E-state index contributed by atoms with van der Waals surface area (Å²) in [6, 6.07) is 4.94. The highest BCUT2D eigenvalue weighted by atomic mass is 16.3. The summed E-state index contributed by atoms with van der Waals surface area (Å²) in [6.45, 7) is 4.21. The lowest BCUT2D eigenvalue weighted by Crippen LogP contribution is -2.18. The molecule has 1 aromatic carbocycles. The number of nitrogens with one attached hydrogen (secondary N) is 1. The highest BCUT2D eigenvalue weighted by Gasteiger charge is 2.16. The van der Waals surface area contributed by atoms with Gasteiger partial charge in [0.25, 0.3) is 5.91 Å². The number of hydrogen-bond acceptors (Lipinski definition) is 4. The Hall–Kier alpha value is -2.50. The van der Waals surface area contributed by atoms with Crippen LogP contribution in [0.1, 0.15) is 23.0 Å². The number of aromatic hydroxyl groups is 1. The molecule has 1 amide bonds. The van der Waals surface area contributed by atoms with E-state index in [-0.39, 0.29) is 11.7 Å². The second-order valence-electron chi connectivity index (χ2n) is 4.22. The van der Waals surface area contributed by atoms with Gasteiger partial charge < -0.3 is 16.2 Å². The number of amides is 1. The van der Waals surface area contributed by atoms with Gasteiger partial charge in [-0.25, -0.2) is 0 Å². The highest BCUT2D eigenvalue weighted by molar-refractivity contribution is 6.06. The molecule has 0 bridgehead atoms. The number of nitrogens with zero attached hydrogens (tertiary/aromatic N) is 2. The van der Waals surface area contributed by atoms with E-state index < -0.39 is 0 Å². The molecular weight excluding hydrogens is 244 g/mol. The highest BCUT2D eigenvalue weighted by Crippen LogP contribution is 2.22. The van der Waals surface area contributed by atoms with Crippen LogP contribution in [-0.2, 0) is 6.54 Å². The topological polar surface area (TPSA) is 93.2 Å². The van der Waals surface area contributed by atoms with Gasteiger partial charge in [-0.05, 0) is 25.5 Å².